The third-order valence-electron chi connectivity index (χ3n) is 3.29. The van der Waals surface area contributed by atoms with Crippen LogP contribution in [-0.2, 0) is 0 Å². The van der Waals surface area contributed by atoms with E-state index in [2.05, 4.69) is 15.6 Å². The highest BCUT2D eigenvalue weighted by molar-refractivity contribution is 7.80. The molecule has 1 aromatic heterocycles. The number of pyridine rings is 1. The highest BCUT2D eigenvalue weighted by Gasteiger charge is 2.02. The zero-order valence-corrected chi connectivity index (χ0v) is 14.4. The average molecular weight is 351 g/mol. The first-order valence-electron chi connectivity index (χ1n) is 7.64. The zero-order chi connectivity index (χ0) is 17.5. The second-order valence-electron chi connectivity index (χ2n) is 5.11. The molecule has 25 heavy (non-hydrogen) atoms. The molecular weight excluding hydrogens is 334 g/mol. The first-order valence-corrected chi connectivity index (χ1v) is 8.05. The van der Waals surface area contributed by atoms with Crippen LogP contribution in [0.2, 0.25) is 0 Å². The van der Waals surface area contributed by atoms with Crippen LogP contribution in [0.1, 0.15) is 0 Å². The lowest BCUT2D eigenvalue weighted by molar-refractivity contribution is 0.398. The number of benzene rings is 2. The van der Waals surface area contributed by atoms with Gasteiger partial charge in [-0.2, -0.15) is 0 Å². The van der Waals surface area contributed by atoms with E-state index in [0.29, 0.717) is 11.0 Å². The van der Waals surface area contributed by atoms with Crippen LogP contribution < -0.4 is 20.1 Å². The van der Waals surface area contributed by atoms with Gasteiger partial charge in [0.05, 0.1) is 19.0 Å². The standard InChI is InChI=1S/C19H17N3O2S/c1-23-18-12-9-15(13-20-18)22-19(25)21-14-7-10-17(11-8-14)24-16-5-3-2-4-6-16/h2-13H,1H3,(H2,21,22,25). The minimum Gasteiger partial charge on any atom is -0.481 e. The van der Waals surface area contributed by atoms with E-state index < -0.39 is 0 Å². The first-order chi connectivity index (χ1) is 12.2. The lowest BCUT2D eigenvalue weighted by atomic mass is 10.3. The predicted octanol–water partition coefficient (Wildman–Crippen LogP) is 4.69. The zero-order valence-electron chi connectivity index (χ0n) is 13.6. The van der Waals surface area contributed by atoms with Gasteiger partial charge in [-0.25, -0.2) is 4.98 Å². The van der Waals surface area contributed by atoms with Crippen LogP contribution in [0.5, 0.6) is 17.4 Å². The molecule has 0 radical (unpaired) electrons. The number of nitrogens with one attached hydrogen (secondary N) is 2. The number of aromatic nitrogens is 1. The van der Waals surface area contributed by atoms with Crippen LogP contribution in [0.25, 0.3) is 0 Å². The Labute approximate surface area is 151 Å². The lowest BCUT2D eigenvalue weighted by Crippen LogP contribution is -2.19. The quantitative estimate of drug-likeness (QED) is 0.650. The van der Waals surface area contributed by atoms with Gasteiger partial charge in [0.25, 0.3) is 0 Å². The summed E-state index contributed by atoms with van der Waals surface area (Å²) >= 11 is 5.30. The Morgan fingerprint density at radius 2 is 1.48 bits per heavy atom. The molecule has 0 saturated heterocycles. The topological polar surface area (TPSA) is 55.4 Å². The molecule has 6 heteroatoms. The molecule has 5 nitrogen and oxygen atoms in total. The number of hydrogen-bond donors (Lipinski definition) is 2. The van der Waals surface area contributed by atoms with Gasteiger partial charge in [-0.05, 0) is 54.7 Å². The van der Waals surface area contributed by atoms with Crippen molar-refractivity contribution in [2.24, 2.45) is 0 Å². The Balaban J connectivity index is 1.56. The maximum absolute atomic E-state index is 5.76. The number of hydrogen-bond acceptors (Lipinski definition) is 4. The summed E-state index contributed by atoms with van der Waals surface area (Å²) < 4.78 is 10.8. The van der Waals surface area contributed by atoms with Gasteiger partial charge >= 0.3 is 0 Å². The summed E-state index contributed by atoms with van der Waals surface area (Å²) in [6.07, 6.45) is 1.66. The van der Waals surface area contributed by atoms with E-state index in [1.807, 2.05) is 60.7 Å². The number of rotatable bonds is 5. The fourth-order valence-electron chi connectivity index (χ4n) is 2.10. The number of thiocarbonyl (C=S) groups is 1. The van der Waals surface area contributed by atoms with Gasteiger partial charge in [-0.3, -0.25) is 0 Å². The smallest absolute Gasteiger partial charge is 0.213 e. The van der Waals surface area contributed by atoms with E-state index in [4.69, 9.17) is 21.7 Å². The molecule has 2 N–H and O–H groups in total. The summed E-state index contributed by atoms with van der Waals surface area (Å²) in [5.41, 5.74) is 1.64. The Bertz CT molecular complexity index is 822. The van der Waals surface area contributed by atoms with Crippen LogP contribution in [0.4, 0.5) is 11.4 Å². The second-order valence-corrected chi connectivity index (χ2v) is 5.52. The Morgan fingerprint density at radius 1 is 0.840 bits per heavy atom. The molecular formula is C19H17N3O2S. The third kappa shape index (κ3) is 4.92. The maximum Gasteiger partial charge on any atom is 0.213 e. The van der Waals surface area contributed by atoms with E-state index in [9.17, 15) is 0 Å². The Hall–Kier alpha value is -3.12. The average Bonchev–Trinajstić information content (AvgIpc) is 2.65. The van der Waals surface area contributed by atoms with E-state index in [1.165, 1.54) is 0 Å². The van der Waals surface area contributed by atoms with Gasteiger partial charge in [0.15, 0.2) is 5.11 Å². The number of para-hydroxylation sites is 1. The molecule has 0 aliphatic carbocycles. The first kappa shape index (κ1) is 16.7. The van der Waals surface area contributed by atoms with Crippen LogP contribution in [0.15, 0.2) is 72.9 Å². The van der Waals surface area contributed by atoms with Crippen LogP contribution in [-0.4, -0.2) is 17.2 Å². The lowest BCUT2D eigenvalue weighted by Gasteiger charge is -2.11. The molecule has 0 spiro atoms. The van der Waals surface area contributed by atoms with Crippen molar-refractivity contribution in [3.63, 3.8) is 0 Å². The second kappa shape index (κ2) is 8.12. The van der Waals surface area contributed by atoms with Crippen molar-refractivity contribution in [1.82, 2.24) is 4.98 Å². The molecule has 2 aromatic carbocycles. The van der Waals surface area contributed by atoms with Crippen molar-refractivity contribution in [2.75, 3.05) is 17.7 Å². The Morgan fingerprint density at radius 3 is 2.12 bits per heavy atom. The largest absolute Gasteiger partial charge is 0.481 e. The third-order valence-corrected chi connectivity index (χ3v) is 3.50. The SMILES string of the molecule is COc1ccc(NC(=S)Nc2ccc(Oc3ccccc3)cc2)cn1. The van der Waals surface area contributed by atoms with Gasteiger partial charge in [0.2, 0.25) is 5.88 Å². The summed E-state index contributed by atoms with van der Waals surface area (Å²) in [5.74, 6) is 2.11. The highest BCUT2D eigenvalue weighted by Crippen LogP contribution is 2.22. The van der Waals surface area contributed by atoms with E-state index in [-0.39, 0.29) is 0 Å². The number of methoxy groups -OCH3 is 1. The molecule has 0 saturated carbocycles. The van der Waals surface area contributed by atoms with Gasteiger partial charge in [0.1, 0.15) is 11.5 Å². The fraction of sp³-hybridized carbons (Fsp3) is 0.0526. The summed E-state index contributed by atoms with van der Waals surface area (Å²) in [7, 11) is 1.58. The van der Waals surface area contributed by atoms with Crippen LogP contribution in [0, 0.1) is 0 Å². The molecule has 0 atom stereocenters. The molecule has 1 heterocycles. The fourth-order valence-corrected chi connectivity index (χ4v) is 2.34. The van der Waals surface area contributed by atoms with Crippen LogP contribution >= 0.6 is 12.2 Å². The molecule has 3 aromatic rings. The highest BCUT2D eigenvalue weighted by atomic mass is 32.1. The summed E-state index contributed by atoms with van der Waals surface area (Å²) in [6, 6.07) is 20.8. The maximum atomic E-state index is 5.76. The molecule has 0 fully saturated rings. The van der Waals surface area contributed by atoms with Crippen molar-refractivity contribution in [3.05, 3.63) is 72.9 Å². The molecule has 0 bridgehead atoms. The number of anilines is 2. The van der Waals surface area contributed by atoms with E-state index in [1.54, 1.807) is 19.4 Å². The summed E-state index contributed by atoms with van der Waals surface area (Å²) in [5, 5.41) is 6.66. The predicted molar refractivity (Wildman–Crippen MR) is 104 cm³/mol. The van der Waals surface area contributed by atoms with E-state index >= 15 is 0 Å². The normalized spacial score (nSPS) is 9.96. The van der Waals surface area contributed by atoms with Crippen molar-refractivity contribution < 1.29 is 9.47 Å². The molecule has 0 aliphatic heterocycles. The van der Waals surface area contributed by atoms with Gasteiger partial charge < -0.3 is 20.1 Å². The minimum atomic E-state index is 0.476. The number of nitrogens with zero attached hydrogens (tertiary/aromatic N) is 1. The minimum absolute atomic E-state index is 0.476. The summed E-state index contributed by atoms with van der Waals surface area (Å²) in [6.45, 7) is 0. The van der Waals surface area contributed by atoms with E-state index in [0.717, 1.165) is 22.9 Å². The molecule has 3 rings (SSSR count). The van der Waals surface area contributed by atoms with Gasteiger partial charge in [-0.15, -0.1) is 0 Å². The number of ether oxygens (including phenoxy) is 2. The van der Waals surface area contributed by atoms with Crippen LogP contribution in [0.3, 0.4) is 0 Å². The van der Waals surface area contributed by atoms with Crippen molar-refractivity contribution in [3.8, 4) is 17.4 Å². The molecule has 0 amide bonds. The summed E-state index contributed by atoms with van der Waals surface area (Å²) in [4.78, 5) is 4.12. The molecule has 0 aliphatic rings. The monoisotopic (exact) mass is 351 g/mol. The Kier molecular flexibility index (Phi) is 5.43. The van der Waals surface area contributed by atoms with Gasteiger partial charge in [0, 0.05) is 11.8 Å². The van der Waals surface area contributed by atoms with Crippen molar-refractivity contribution in [1.29, 1.82) is 0 Å². The molecule has 126 valence electrons. The van der Waals surface area contributed by atoms with Crippen molar-refractivity contribution in [2.45, 2.75) is 0 Å². The van der Waals surface area contributed by atoms with Crippen molar-refractivity contribution >= 4 is 28.7 Å². The molecule has 0 unspecified atom stereocenters. The van der Waals surface area contributed by atoms with Gasteiger partial charge in [-0.1, -0.05) is 18.2 Å².